The fourth-order valence-corrected chi connectivity index (χ4v) is 2.87. The number of nitrogens with zero attached hydrogens (tertiary/aromatic N) is 2. The predicted octanol–water partition coefficient (Wildman–Crippen LogP) is 1.25. The first-order valence-electron chi connectivity index (χ1n) is 6.19. The van der Waals surface area contributed by atoms with Gasteiger partial charge in [0.15, 0.2) is 0 Å². The molecule has 6 nitrogen and oxygen atoms in total. The Morgan fingerprint density at radius 1 is 1.30 bits per heavy atom. The lowest BCUT2D eigenvalue weighted by molar-refractivity contribution is 0.587. The summed E-state index contributed by atoms with van der Waals surface area (Å²) in [6, 6.07) is 7.19. The molecule has 0 amide bonds. The van der Waals surface area contributed by atoms with Crippen LogP contribution in [0.15, 0.2) is 35.4 Å². The van der Waals surface area contributed by atoms with E-state index in [0.29, 0.717) is 12.1 Å². The van der Waals surface area contributed by atoms with Crippen molar-refractivity contribution in [3.8, 4) is 0 Å². The second kappa shape index (κ2) is 5.64. The van der Waals surface area contributed by atoms with Gasteiger partial charge in [0.1, 0.15) is 0 Å². The minimum atomic E-state index is -3.44. The van der Waals surface area contributed by atoms with Crippen molar-refractivity contribution in [2.45, 2.75) is 18.4 Å². The van der Waals surface area contributed by atoms with Gasteiger partial charge >= 0.3 is 0 Å². The molecule has 1 heterocycles. The summed E-state index contributed by atoms with van der Waals surface area (Å²) < 4.78 is 27.9. The predicted molar refractivity (Wildman–Crippen MR) is 78.0 cm³/mol. The molecule has 0 saturated heterocycles. The third-order valence-electron chi connectivity index (χ3n) is 3.14. The molecule has 1 aromatic carbocycles. The lowest BCUT2D eigenvalue weighted by Crippen LogP contribution is -2.19. The first-order chi connectivity index (χ1) is 9.44. The summed E-state index contributed by atoms with van der Waals surface area (Å²) in [5.41, 5.74) is 2.49. The number of rotatable bonds is 5. The van der Waals surface area contributed by atoms with Gasteiger partial charge in [-0.1, -0.05) is 6.07 Å². The Balaban J connectivity index is 2.22. The van der Waals surface area contributed by atoms with E-state index in [0.717, 1.165) is 11.4 Å². The molecule has 2 rings (SSSR count). The van der Waals surface area contributed by atoms with Gasteiger partial charge in [-0.2, -0.15) is 5.10 Å². The standard InChI is InChI=1S/C13H18N4O2S/c1-10-4-5-11(8-13(10)20(18,19)14-2)15-9-12-6-7-16-17(12)3/h4-8,14-15H,9H2,1-3H3. The van der Waals surface area contributed by atoms with Crippen LogP contribution in [0.2, 0.25) is 0 Å². The highest BCUT2D eigenvalue weighted by Crippen LogP contribution is 2.20. The summed E-state index contributed by atoms with van der Waals surface area (Å²) in [5.74, 6) is 0. The van der Waals surface area contributed by atoms with Crippen molar-refractivity contribution < 1.29 is 8.42 Å². The van der Waals surface area contributed by atoms with E-state index in [1.54, 1.807) is 29.9 Å². The molecule has 0 aliphatic heterocycles. The van der Waals surface area contributed by atoms with Gasteiger partial charge in [0, 0.05) is 18.9 Å². The first-order valence-corrected chi connectivity index (χ1v) is 7.67. The summed E-state index contributed by atoms with van der Waals surface area (Å²) in [5, 5.41) is 7.28. The minimum absolute atomic E-state index is 0.287. The largest absolute Gasteiger partial charge is 0.379 e. The van der Waals surface area contributed by atoms with Crippen LogP contribution < -0.4 is 10.0 Å². The number of benzene rings is 1. The van der Waals surface area contributed by atoms with Gasteiger partial charge in [-0.15, -0.1) is 0 Å². The molecule has 0 aliphatic carbocycles. The summed E-state index contributed by atoms with van der Waals surface area (Å²) in [6.07, 6.45) is 1.73. The Morgan fingerprint density at radius 2 is 2.05 bits per heavy atom. The monoisotopic (exact) mass is 294 g/mol. The molecule has 0 aliphatic rings. The van der Waals surface area contributed by atoms with Crippen LogP contribution in [0.5, 0.6) is 0 Å². The van der Waals surface area contributed by atoms with Crippen LogP contribution in [0.25, 0.3) is 0 Å². The lowest BCUT2D eigenvalue weighted by Gasteiger charge is -2.11. The summed E-state index contributed by atoms with van der Waals surface area (Å²) in [6.45, 7) is 2.35. The van der Waals surface area contributed by atoms with Crippen LogP contribution in [-0.2, 0) is 23.6 Å². The Bertz CT molecular complexity index is 707. The smallest absolute Gasteiger partial charge is 0.240 e. The van der Waals surface area contributed by atoms with Crippen molar-refractivity contribution in [3.05, 3.63) is 41.7 Å². The average molecular weight is 294 g/mol. The number of hydrogen-bond acceptors (Lipinski definition) is 4. The van der Waals surface area contributed by atoms with Crippen LogP contribution in [0.3, 0.4) is 0 Å². The van der Waals surface area contributed by atoms with Crippen LogP contribution in [0.4, 0.5) is 5.69 Å². The number of aryl methyl sites for hydroxylation is 2. The van der Waals surface area contributed by atoms with Crippen molar-refractivity contribution in [1.82, 2.24) is 14.5 Å². The van der Waals surface area contributed by atoms with E-state index >= 15 is 0 Å². The van der Waals surface area contributed by atoms with Gasteiger partial charge in [-0.05, 0) is 37.7 Å². The Kier molecular flexibility index (Phi) is 4.10. The van der Waals surface area contributed by atoms with Gasteiger partial charge in [-0.3, -0.25) is 4.68 Å². The molecule has 0 fully saturated rings. The van der Waals surface area contributed by atoms with Crippen molar-refractivity contribution in [2.24, 2.45) is 7.05 Å². The van der Waals surface area contributed by atoms with Gasteiger partial charge in [0.05, 0.1) is 17.1 Å². The maximum absolute atomic E-state index is 11.9. The Morgan fingerprint density at radius 3 is 2.65 bits per heavy atom. The number of aromatic nitrogens is 2. The minimum Gasteiger partial charge on any atom is -0.379 e. The van der Waals surface area contributed by atoms with E-state index in [-0.39, 0.29) is 4.90 Å². The maximum Gasteiger partial charge on any atom is 0.240 e. The molecule has 2 N–H and O–H groups in total. The molecular weight excluding hydrogens is 276 g/mol. The molecule has 2 aromatic rings. The van der Waals surface area contributed by atoms with Crippen LogP contribution >= 0.6 is 0 Å². The zero-order valence-electron chi connectivity index (χ0n) is 11.7. The van der Waals surface area contributed by atoms with E-state index in [9.17, 15) is 8.42 Å². The molecule has 1 aromatic heterocycles. The molecule has 0 atom stereocenters. The summed E-state index contributed by atoms with van der Waals surface area (Å²) in [7, 11) is -0.168. The number of anilines is 1. The molecule has 0 spiro atoms. The van der Waals surface area contributed by atoms with Gasteiger partial charge in [0.2, 0.25) is 10.0 Å². The SMILES string of the molecule is CNS(=O)(=O)c1cc(NCc2ccnn2C)ccc1C. The van der Waals surface area contributed by atoms with Crippen molar-refractivity contribution in [2.75, 3.05) is 12.4 Å². The van der Waals surface area contributed by atoms with E-state index in [2.05, 4.69) is 15.1 Å². The average Bonchev–Trinajstić information content (AvgIpc) is 2.83. The Hall–Kier alpha value is -1.86. The number of hydrogen-bond donors (Lipinski definition) is 2. The van der Waals surface area contributed by atoms with Crippen LogP contribution in [-0.4, -0.2) is 25.2 Å². The highest BCUT2D eigenvalue weighted by Gasteiger charge is 2.15. The second-order valence-corrected chi connectivity index (χ2v) is 6.34. The lowest BCUT2D eigenvalue weighted by atomic mass is 10.2. The zero-order valence-corrected chi connectivity index (χ0v) is 12.5. The normalized spacial score (nSPS) is 11.6. The maximum atomic E-state index is 11.9. The van der Waals surface area contributed by atoms with E-state index in [4.69, 9.17) is 0 Å². The third-order valence-corrected chi connectivity index (χ3v) is 4.70. The molecule has 0 unspecified atom stereocenters. The second-order valence-electron chi connectivity index (χ2n) is 4.49. The highest BCUT2D eigenvalue weighted by molar-refractivity contribution is 7.89. The fraction of sp³-hybridized carbons (Fsp3) is 0.308. The summed E-state index contributed by atoms with van der Waals surface area (Å²) >= 11 is 0. The first kappa shape index (κ1) is 14.5. The van der Waals surface area contributed by atoms with E-state index in [1.165, 1.54) is 7.05 Å². The quantitative estimate of drug-likeness (QED) is 0.870. The molecule has 108 valence electrons. The number of nitrogens with one attached hydrogen (secondary N) is 2. The molecule has 0 saturated carbocycles. The summed E-state index contributed by atoms with van der Waals surface area (Å²) in [4.78, 5) is 0.287. The zero-order chi connectivity index (χ0) is 14.8. The van der Waals surface area contributed by atoms with E-state index in [1.807, 2.05) is 19.2 Å². The Labute approximate surface area is 118 Å². The van der Waals surface area contributed by atoms with Crippen LogP contribution in [0.1, 0.15) is 11.3 Å². The molecule has 7 heteroatoms. The van der Waals surface area contributed by atoms with Crippen molar-refractivity contribution >= 4 is 15.7 Å². The molecular formula is C13H18N4O2S. The van der Waals surface area contributed by atoms with Gasteiger partial charge in [-0.25, -0.2) is 13.1 Å². The van der Waals surface area contributed by atoms with Crippen molar-refractivity contribution in [3.63, 3.8) is 0 Å². The van der Waals surface area contributed by atoms with Gasteiger partial charge < -0.3 is 5.32 Å². The molecule has 0 bridgehead atoms. The number of sulfonamides is 1. The topological polar surface area (TPSA) is 76.0 Å². The van der Waals surface area contributed by atoms with E-state index < -0.39 is 10.0 Å². The molecule has 0 radical (unpaired) electrons. The third kappa shape index (κ3) is 3.00. The van der Waals surface area contributed by atoms with Crippen molar-refractivity contribution in [1.29, 1.82) is 0 Å². The fourth-order valence-electron chi connectivity index (χ4n) is 1.88. The highest BCUT2D eigenvalue weighted by atomic mass is 32.2. The molecule has 20 heavy (non-hydrogen) atoms. The van der Waals surface area contributed by atoms with Gasteiger partial charge in [0.25, 0.3) is 0 Å². The van der Waals surface area contributed by atoms with Crippen LogP contribution in [0, 0.1) is 6.92 Å².